The SMILES string of the molecule is COC(=O)C1CCC(c2ncc(-c3ccc(C(=O)c4ccccc4Cl)cc3)s2)CC1. The molecule has 1 aromatic heterocycles. The Morgan fingerprint density at radius 3 is 2.40 bits per heavy atom. The van der Waals surface area contributed by atoms with Gasteiger partial charge in [-0.3, -0.25) is 9.59 Å². The van der Waals surface area contributed by atoms with Crippen molar-refractivity contribution >= 4 is 34.7 Å². The lowest BCUT2D eigenvalue weighted by Crippen LogP contribution is -2.22. The molecule has 0 radical (unpaired) electrons. The van der Waals surface area contributed by atoms with Gasteiger partial charge >= 0.3 is 5.97 Å². The molecule has 0 bridgehead atoms. The molecule has 2 aromatic carbocycles. The van der Waals surface area contributed by atoms with Crippen LogP contribution in [-0.2, 0) is 9.53 Å². The van der Waals surface area contributed by atoms with Crippen LogP contribution in [0.3, 0.4) is 0 Å². The summed E-state index contributed by atoms with van der Waals surface area (Å²) in [5.74, 6) is 0.235. The highest BCUT2D eigenvalue weighted by molar-refractivity contribution is 7.15. The number of carbonyl (C=O) groups excluding carboxylic acids is 2. The molecule has 1 aliphatic carbocycles. The van der Waals surface area contributed by atoms with Crippen molar-refractivity contribution < 1.29 is 14.3 Å². The van der Waals surface area contributed by atoms with Crippen LogP contribution in [0.15, 0.2) is 54.7 Å². The van der Waals surface area contributed by atoms with Gasteiger partial charge in [-0.2, -0.15) is 0 Å². The van der Waals surface area contributed by atoms with Crippen molar-refractivity contribution in [3.8, 4) is 10.4 Å². The average Bonchev–Trinajstić information content (AvgIpc) is 3.29. The summed E-state index contributed by atoms with van der Waals surface area (Å²) >= 11 is 7.84. The fraction of sp³-hybridized carbons (Fsp3) is 0.292. The number of halogens is 1. The van der Waals surface area contributed by atoms with E-state index in [-0.39, 0.29) is 17.7 Å². The Morgan fingerprint density at radius 1 is 1.03 bits per heavy atom. The van der Waals surface area contributed by atoms with Gasteiger partial charge in [-0.15, -0.1) is 11.3 Å². The number of ketones is 1. The van der Waals surface area contributed by atoms with Crippen molar-refractivity contribution in [1.29, 1.82) is 0 Å². The maximum Gasteiger partial charge on any atom is 0.308 e. The molecule has 0 saturated heterocycles. The standard InChI is InChI=1S/C24H22ClNO3S/c1-29-24(28)18-12-10-17(11-13-18)23-26-14-21(30-23)15-6-8-16(9-7-15)22(27)19-4-2-3-5-20(19)25/h2-9,14,17-18H,10-13H2,1H3. The van der Waals surface area contributed by atoms with Crippen LogP contribution in [0, 0.1) is 5.92 Å². The summed E-state index contributed by atoms with van der Waals surface area (Å²) in [6, 6.07) is 14.7. The minimum Gasteiger partial charge on any atom is -0.469 e. The van der Waals surface area contributed by atoms with Gasteiger partial charge in [-0.25, -0.2) is 4.98 Å². The number of aromatic nitrogens is 1. The van der Waals surface area contributed by atoms with Crippen molar-refractivity contribution in [2.24, 2.45) is 5.92 Å². The van der Waals surface area contributed by atoms with E-state index in [2.05, 4.69) is 4.98 Å². The molecule has 4 rings (SSSR count). The Kier molecular flexibility index (Phi) is 6.30. The lowest BCUT2D eigenvalue weighted by atomic mass is 9.82. The van der Waals surface area contributed by atoms with E-state index >= 15 is 0 Å². The molecule has 0 spiro atoms. The van der Waals surface area contributed by atoms with Gasteiger partial charge in [0.05, 0.1) is 27.9 Å². The van der Waals surface area contributed by atoms with E-state index in [4.69, 9.17) is 16.3 Å². The third kappa shape index (κ3) is 4.32. The molecule has 0 unspecified atom stereocenters. The highest BCUT2D eigenvalue weighted by atomic mass is 35.5. The smallest absolute Gasteiger partial charge is 0.308 e. The van der Waals surface area contributed by atoms with Crippen LogP contribution in [0.4, 0.5) is 0 Å². The topological polar surface area (TPSA) is 56.3 Å². The zero-order chi connectivity index (χ0) is 21.1. The minimum absolute atomic E-state index is 0.0221. The monoisotopic (exact) mass is 439 g/mol. The summed E-state index contributed by atoms with van der Waals surface area (Å²) in [6.07, 6.45) is 5.52. The van der Waals surface area contributed by atoms with Crippen molar-refractivity contribution in [1.82, 2.24) is 4.98 Å². The Bertz CT molecular complexity index is 1050. The number of esters is 1. The molecule has 0 amide bonds. The molecule has 1 fully saturated rings. The number of hydrogen-bond donors (Lipinski definition) is 0. The van der Waals surface area contributed by atoms with E-state index in [0.29, 0.717) is 22.1 Å². The number of thiazole rings is 1. The van der Waals surface area contributed by atoms with Gasteiger partial charge in [0.2, 0.25) is 0 Å². The Hall–Kier alpha value is -2.50. The predicted molar refractivity (Wildman–Crippen MR) is 119 cm³/mol. The van der Waals surface area contributed by atoms with Crippen LogP contribution in [0.5, 0.6) is 0 Å². The molecule has 30 heavy (non-hydrogen) atoms. The average molecular weight is 440 g/mol. The number of nitrogens with zero attached hydrogens (tertiary/aromatic N) is 1. The first kappa shape index (κ1) is 20.8. The van der Waals surface area contributed by atoms with Gasteiger partial charge < -0.3 is 4.74 Å². The second-order valence-corrected chi connectivity index (χ2v) is 8.99. The van der Waals surface area contributed by atoms with Crippen molar-refractivity contribution in [3.05, 3.63) is 75.9 Å². The molecule has 6 heteroatoms. The van der Waals surface area contributed by atoms with E-state index in [0.717, 1.165) is 41.1 Å². The summed E-state index contributed by atoms with van der Waals surface area (Å²) in [4.78, 5) is 30.1. The first-order chi connectivity index (χ1) is 14.6. The molecular formula is C24H22ClNO3S. The summed E-state index contributed by atoms with van der Waals surface area (Å²) < 4.78 is 4.87. The fourth-order valence-corrected chi connectivity index (χ4v) is 5.25. The fourth-order valence-electron chi connectivity index (χ4n) is 3.94. The Morgan fingerprint density at radius 2 is 1.73 bits per heavy atom. The molecule has 0 atom stereocenters. The van der Waals surface area contributed by atoms with Crippen LogP contribution >= 0.6 is 22.9 Å². The molecule has 3 aromatic rings. The number of ether oxygens (including phenoxy) is 1. The molecule has 1 saturated carbocycles. The van der Waals surface area contributed by atoms with Crippen LogP contribution in [0.25, 0.3) is 10.4 Å². The molecule has 0 N–H and O–H groups in total. The van der Waals surface area contributed by atoms with Gasteiger partial charge in [-0.1, -0.05) is 48.0 Å². The second kappa shape index (κ2) is 9.11. The highest BCUT2D eigenvalue weighted by Gasteiger charge is 2.29. The third-order valence-electron chi connectivity index (χ3n) is 5.68. The first-order valence-corrected chi connectivity index (χ1v) is 11.2. The Labute approximate surface area is 184 Å². The van der Waals surface area contributed by atoms with Gasteiger partial charge in [0.1, 0.15) is 0 Å². The number of benzene rings is 2. The van der Waals surface area contributed by atoms with Crippen molar-refractivity contribution in [3.63, 3.8) is 0 Å². The van der Waals surface area contributed by atoms with Crippen LogP contribution < -0.4 is 0 Å². The lowest BCUT2D eigenvalue weighted by molar-refractivity contribution is -0.146. The second-order valence-electron chi connectivity index (χ2n) is 7.52. The maximum absolute atomic E-state index is 12.7. The van der Waals surface area contributed by atoms with Gasteiger partial charge in [0, 0.05) is 23.2 Å². The predicted octanol–water partition coefficient (Wildman–Crippen LogP) is 6.14. The van der Waals surface area contributed by atoms with Gasteiger partial charge in [0.15, 0.2) is 5.78 Å². The molecule has 4 nitrogen and oxygen atoms in total. The van der Waals surface area contributed by atoms with E-state index in [1.165, 1.54) is 7.11 Å². The van der Waals surface area contributed by atoms with E-state index < -0.39 is 0 Å². The number of carbonyl (C=O) groups is 2. The summed E-state index contributed by atoms with van der Waals surface area (Å²) in [5, 5.41) is 1.57. The zero-order valence-electron chi connectivity index (χ0n) is 16.6. The highest BCUT2D eigenvalue weighted by Crippen LogP contribution is 2.39. The zero-order valence-corrected chi connectivity index (χ0v) is 18.2. The van der Waals surface area contributed by atoms with E-state index in [1.807, 2.05) is 42.6 Å². The lowest BCUT2D eigenvalue weighted by Gasteiger charge is -2.25. The molecule has 1 heterocycles. The number of hydrogen-bond acceptors (Lipinski definition) is 5. The first-order valence-electron chi connectivity index (χ1n) is 10.00. The van der Waals surface area contributed by atoms with E-state index in [9.17, 15) is 9.59 Å². The quantitative estimate of drug-likeness (QED) is 0.354. The minimum atomic E-state index is -0.0975. The number of rotatable bonds is 5. The van der Waals surface area contributed by atoms with Crippen molar-refractivity contribution in [2.75, 3.05) is 7.11 Å². The van der Waals surface area contributed by atoms with Crippen molar-refractivity contribution in [2.45, 2.75) is 31.6 Å². The third-order valence-corrected chi connectivity index (χ3v) is 7.22. The van der Waals surface area contributed by atoms with Crippen LogP contribution in [0.1, 0.15) is 52.5 Å². The largest absolute Gasteiger partial charge is 0.469 e. The molecule has 1 aliphatic rings. The summed E-state index contributed by atoms with van der Waals surface area (Å²) in [7, 11) is 1.45. The number of methoxy groups -OCH3 is 1. The van der Waals surface area contributed by atoms with E-state index in [1.54, 1.807) is 23.5 Å². The van der Waals surface area contributed by atoms with Crippen LogP contribution in [0.2, 0.25) is 5.02 Å². The molecule has 154 valence electrons. The molecular weight excluding hydrogens is 418 g/mol. The van der Waals surface area contributed by atoms with Crippen LogP contribution in [-0.4, -0.2) is 23.8 Å². The van der Waals surface area contributed by atoms with Gasteiger partial charge in [-0.05, 0) is 43.4 Å². The van der Waals surface area contributed by atoms with Gasteiger partial charge in [0.25, 0.3) is 0 Å². The summed E-state index contributed by atoms with van der Waals surface area (Å²) in [5.41, 5.74) is 2.16. The summed E-state index contributed by atoms with van der Waals surface area (Å²) in [6.45, 7) is 0. The Balaban J connectivity index is 1.45. The maximum atomic E-state index is 12.7. The normalized spacial score (nSPS) is 18.7. The molecule has 0 aliphatic heterocycles.